The first kappa shape index (κ1) is 14.0. The van der Waals surface area contributed by atoms with Crippen LogP contribution in [0.4, 0.5) is 0 Å². The van der Waals surface area contributed by atoms with Gasteiger partial charge in [0.15, 0.2) is 0 Å². The molecule has 0 aromatic rings. The number of halogens is 1. The van der Waals surface area contributed by atoms with Crippen LogP contribution in [0.3, 0.4) is 0 Å². The Morgan fingerprint density at radius 2 is 2.06 bits per heavy atom. The summed E-state index contributed by atoms with van der Waals surface area (Å²) < 4.78 is 5.82. The lowest BCUT2D eigenvalue weighted by Crippen LogP contribution is -2.63. The van der Waals surface area contributed by atoms with Gasteiger partial charge < -0.3 is 10.1 Å². The predicted molar refractivity (Wildman–Crippen MR) is 69.8 cm³/mol. The topological polar surface area (TPSA) is 21.3 Å². The highest BCUT2D eigenvalue weighted by Crippen LogP contribution is 2.48. The molecule has 1 rings (SSSR count). The largest absolute Gasteiger partial charge is 0.378 e. The van der Waals surface area contributed by atoms with Gasteiger partial charge in [-0.1, -0.05) is 32.0 Å². The van der Waals surface area contributed by atoms with Crippen LogP contribution < -0.4 is 5.32 Å². The van der Waals surface area contributed by atoms with Crippen LogP contribution in [0, 0.1) is 5.41 Å². The van der Waals surface area contributed by atoms with Gasteiger partial charge in [-0.05, 0) is 26.2 Å². The molecule has 1 saturated carbocycles. The van der Waals surface area contributed by atoms with Crippen molar-refractivity contribution < 1.29 is 4.74 Å². The second-order valence-corrected chi connectivity index (χ2v) is 5.11. The Kier molecular flexibility index (Phi) is 5.29. The van der Waals surface area contributed by atoms with Crippen molar-refractivity contribution in [2.75, 3.05) is 13.2 Å². The minimum absolute atomic E-state index is 0.294. The summed E-state index contributed by atoms with van der Waals surface area (Å²) in [5.41, 5.74) is 0.294. The third kappa shape index (κ3) is 2.61. The minimum Gasteiger partial charge on any atom is -0.378 e. The fraction of sp³-hybridized carbons (Fsp3) is 0.846. The van der Waals surface area contributed by atoms with Gasteiger partial charge in [0.2, 0.25) is 0 Å². The van der Waals surface area contributed by atoms with Crippen LogP contribution in [-0.4, -0.2) is 25.3 Å². The van der Waals surface area contributed by atoms with Crippen LogP contribution in [-0.2, 0) is 4.74 Å². The Hall–Kier alpha value is -0.0500. The Bertz CT molecular complexity index is 238. The highest BCUT2D eigenvalue weighted by molar-refractivity contribution is 6.29. The summed E-state index contributed by atoms with van der Waals surface area (Å²) >= 11 is 5.79. The monoisotopic (exact) mass is 245 g/mol. The summed E-state index contributed by atoms with van der Waals surface area (Å²) in [6, 6.07) is 0.523. The maximum absolute atomic E-state index is 5.82. The molecule has 1 aliphatic rings. The molecule has 0 amide bonds. The number of hydrogen-bond acceptors (Lipinski definition) is 2. The van der Waals surface area contributed by atoms with Crippen LogP contribution >= 0.6 is 11.6 Å². The van der Waals surface area contributed by atoms with Gasteiger partial charge in [-0.15, -0.1) is 0 Å². The summed E-state index contributed by atoms with van der Waals surface area (Å²) in [6.45, 7) is 11.8. The fourth-order valence-electron chi connectivity index (χ4n) is 2.90. The smallest absolute Gasteiger partial charge is 0.0660 e. The Balaban J connectivity index is 2.56. The number of nitrogens with one attached hydrogen (secondary N) is 1. The lowest BCUT2D eigenvalue weighted by atomic mass is 9.58. The molecule has 1 fully saturated rings. The Morgan fingerprint density at radius 1 is 1.44 bits per heavy atom. The fourth-order valence-corrected chi connectivity index (χ4v) is 2.98. The minimum atomic E-state index is 0.294. The molecule has 0 bridgehead atoms. The van der Waals surface area contributed by atoms with Crippen molar-refractivity contribution in [3.63, 3.8) is 0 Å². The molecule has 3 heteroatoms. The standard InChI is InChI=1S/C13H24ClNO/c1-5-13(6-2)11(15-9-10(4)14)8-12(13)16-7-3/h11-12,15H,4-9H2,1-3H3. The van der Waals surface area contributed by atoms with Crippen molar-refractivity contribution in [2.24, 2.45) is 5.41 Å². The third-order valence-electron chi connectivity index (χ3n) is 4.01. The van der Waals surface area contributed by atoms with Crippen molar-refractivity contribution in [1.29, 1.82) is 0 Å². The zero-order valence-corrected chi connectivity index (χ0v) is 11.4. The van der Waals surface area contributed by atoms with Crippen molar-refractivity contribution in [2.45, 2.75) is 52.2 Å². The number of hydrogen-bond donors (Lipinski definition) is 1. The van der Waals surface area contributed by atoms with E-state index in [-0.39, 0.29) is 0 Å². The Morgan fingerprint density at radius 3 is 2.50 bits per heavy atom. The van der Waals surface area contributed by atoms with E-state index in [1.807, 2.05) is 0 Å². The van der Waals surface area contributed by atoms with Gasteiger partial charge in [-0.3, -0.25) is 0 Å². The summed E-state index contributed by atoms with van der Waals surface area (Å²) in [5.74, 6) is 0. The van der Waals surface area contributed by atoms with Gasteiger partial charge in [-0.2, -0.15) is 0 Å². The molecule has 0 aromatic carbocycles. The van der Waals surface area contributed by atoms with E-state index in [4.69, 9.17) is 16.3 Å². The van der Waals surface area contributed by atoms with Crippen molar-refractivity contribution >= 4 is 11.6 Å². The molecule has 94 valence electrons. The van der Waals surface area contributed by atoms with Crippen LogP contribution in [0.15, 0.2) is 11.6 Å². The lowest BCUT2D eigenvalue weighted by Gasteiger charge is -2.55. The first-order valence-electron chi connectivity index (χ1n) is 6.28. The SMILES string of the molecule is C=C(Cl)CNC1CC(OCC)C1(CC)CC. The van der Waals surface area contributed by atoms with E-state index in [9.17, 15) is 0 Å². The van der Waals surface area contributed by atoms with Gasteiger partial charge >= 0.3 is 0 Å². The first-order chi connectivity index (χ1) is 7.60. The van der Waals surface area contributed by atoms with Crippen molar-refractivity contribution in [3.05, 3.63) is 11.6 Å². The highest BCUT2D eigenvalue weighted by atomic mass is 35.5. The molecule has 0 saturated heterocycles. The average molecular weight is 246 g/mol. The van der Waals surface area contributed by atoms with E-state index in [0.29, 0.717) is 29.1 Å². The summed E-state index contributed by atoms with van der Waals surface area (Å²) in [4.78, 5) is 0. The summed E-state index contributed by atoms with van der Waals surface area (Å²) in [7, 11) is 0. The summed E-state index contributed by atoms with van der Waals surface area (Å²) in [6.07, 6.45) is 3.81. The summed E-state index contributed by atoms with van der Waals surface area (Å²) in [5, 5.41) is 4.17. The molecule has 2 nitrogen and oxygen atoms in total. The molecule has 1 N–H and O–H groups in total. The molecule has 1 aliphatic carbocycles. The van der Waals surface area contributed by atoms with Crippen molar-refractivity contribution in [1.82, 2.24) is 5.32 Å². The zero-order valence-electron chi connectivity index (χ0n) is 10.7. The van der Waals surface area contributed by atoms with E-state index in [2.05, 4.69) is 32.7 Å². The second-order valence-electron chi connectivity index (χ2n) is 4.57. The average Bonchev–Trinajstić information content (AvgIpc) is 2.24. The molecule has 0 aliphatic heterocycles. The molecular weight excluding hydrogens is 222 g/mol. The van der Waals surface area contributed by atoms with Gasteiger partial charge in [0.05, 0.1) is 6.10 Å². The van der Waals surface area contributed by atoms with Gasteiger partial charge in [-0.25, -0.2) is 0 Å². The Labute approximate surface area is 104 Å². The molecule has 16 heavy (non-hydrogen) atoms. The molecule has 0 spiro atoms. The molecule has 2 atom stereocenters. The molecule has 0 radical (unpaired) electrons. The van der Waals surface area contributed by atoms with Gasteiger partial charge in [0.25, 0.3) is 0 Å². The van der Waals surface area contributed by atoms with E-state index in [1.54, 1.807) is 0 Å². The lowest BCUT2D eigenvalue weighted by molar-refractivity contribution is -0.137. The highest BCUT2D eigenvalue weighted by Gasteiger charge is 2.52. The zero-order chi connectivity index (χ0) is 12.2. The van der Waals surface area contributed by atoms with Crippen LogP contribution in [0.2, 0.25) is 0 Å². The molecule has 0 aromatic heterocycles. The molecular formula is C13H24ClNO. The van der Waals surface area contributed by atoms with E-state index >= 15 is 0 Å². The normalized spacial score (nSPS) is 27.5. The van der Waals surface area contributed by atoms with Gasteiger partial charge in [0.1, 0.15) is 0 Å². The molecule has 2 unspecified atom stereocenters. The van der Waals surface area contributed by atoms with E-state index in [0.717, 1.165) is 25.9 Å². The van der Waals surface area contributed by atoms with Crippen LogP contribution in [0.1, 0.15) is 40.0 Å². The van der Waals surface area contributed by atoms with E-state index < -0.39 is 0 Å². The van der Waals surface area contributed by atoms with Gasteiger partial charge in [0, 0.05) is 29.6 Å². The molecule has 0 heterocycles. The predicted octanol–water partition coefficient (Wildman–Crippen LogP) is 3.31. The van der Waals surface area contributed by atoms with Crippen molar-refractivity contribution in [3.8, 4) is 0 Å². The quantitative estimate of drug-likeness (QED) is 0.743. The third-order valence-corrected chi connectivity index (χ3v) is 4.14. The number of rotatable bonds is 7. The number of ether oxygens (including phenoxy) is 1. The van der Waals surface area contributed by atoms with Crippen LogP contribution in [0.25, 0.3) is 0 Å². The van der Waals surface area contributed by atoms with Crippen LogP contribution in [0.5, 0.6) is 0 Å². The maximum atomic E-state index is 5.82. The second kappa shape index (κ2) is 6.04. The van der Waals surface area contributed by atoms with E-state index in [1.165, 1.54) is 0 Å². The first-order valence-corrected chi connectivity index (χ1v) is 6.66. The maximum Gasteiger partial charge on any atom is 0.0660 e.